The number of carbonyl (C=O) groups is 3. The summed E-state index contributed by atoms with van der Waals surface area (Å²) in [6.07, 6.45) is 1.98. The molecule has 2 bridgehead atoms. The average molecular weight is 449 g/mol. The van der Waals surface area contributed by atoms with Crippen molar-refractivity contribution in [1.82, 2.24) is 10.2 Å². The van der Waals surface area contributed by atoms with Crippen molar-refractivity contribution in [2.45, 2.75) is 56.7 Å². The third-order valence-electron chi connectivity index (χ3n) is 7.39. The highest BCUT2D eigenvalue weighted by Crippen LogP contribution is 2.44. The second-order valence-corrected chi connectivity index (χ2v) is 9.33. The monoisotopic (exact) mass is 448 g/mol. The van der Waals surface area contributed by atoms with Crippen LogP contribution in [0.3, 0.4) is 0 Å². The molecule has 3 aliphatic rings. The van der Waals surface area contributed by atoms with E-state index in [1.807, 2.05) is 24.3 Å². The fourth-order valence-electron chi connectivity index (χ4n) is 5.84. The highest BCUT2D eigenvalue weighted by molar-refractivity contribution is 5.86. The third kappa shape index (κ3) is 3.86. The van der Waals surface area contributed by atoms with Crippen molar-refractivity contribution in [3.05, 3.63) is 59.7 Å². The molecule has 2 saturated heterocycles. The summed E-state index contributed by atoms with van der Waals surface area (Å²) < 4.78 is 5.57. The summed E-state index contributed by atoms with van der Waals surface area (Å²) in [6, 6.07) is 15.4. The van der Waals surface area contributed by atoms with Gasteiger partial charge in [-0.15, -0.1) is 0 Å². The minimum atomic E-state index is -0.788. The highest BCUT2D eigenvalue weighted by Gasteiger charge is 2.46. The van der Waals surface area contributed by atoms with Crippen LogP contribution in [0.15, 0.2) is 48.5 Å². The Morgan fingerprint density at radius 3 is 2.09 bits per heavy atom. The van der Waals surface area contributed by atoms with E-state index >= 15 is 0 Å². The van der Waals surface area contributed by atoms with Crippen LogP contribution in [0.25, 0.3) is 11.1 Å². The summed E-state index contributed by atoms with van der Waals surface area (Å²) in [5, 5.41) is 12.0. The zero-order valence-corrected chi connectivity index (χ0v) is 18.6. The van der Waals surface area contributed by atoms with E-state index in [1.54, 1.807) is 11.8 Å². The Labute approximate surface area is 192 Å². The molecule has 7 nitrogen and oxygen atoms in total. The number of benzene rings is 2. The van der Waals surface area contributed by atoms with Gasteiger partial charge >= 0.3 is 12.1 Å². The molecule has 2 N–H and O–H groups in total. The van der Waals surface area contributed by atoms with Crippen LogP contribution in [-0.2, 0) is 14.3 Å². The van der Waals surface area contributed by atoms with Gasteiger partial charge in [0.1, 0.15) is 12.6 Å². The normalized spacial score (nSPS) is 24.0. The van der Waals surface area contributed by atoms with E-state index in [9.17, 15) is 19.5 Å². The van der Waals surface area contributed by atoms with E-state index in [1.165, 1.54) is 0 Å². The standard InChI is InChI=1S/C26H28N2O5/c1-15(24(29)28-17-10-11-18(28)13-16(12-17)25(30)31)27-26(32)33-14-23-21-8-4-2-6-19(21)20-7-3-5-9-22(20)23/h2-9,15-18,23H,10-14H2,1H3,(H,27,32)(H,30,31). The van der Waals surface area contributed by atoms with Gasteiger partial charge in [-0.2, -0.15) is 0 Å². The Bertz CT molecular complexity index is 1040. The van der Waals surface area contributed by atoms with Gasteiger partial charge in [-0.05, 0) is 54.9 Å². The van der Waals surface area contributed by atoms with Crippen LogP contribution in [0.5, 0.6) is 0 Å². The first-order chi connectivity index (χ1) is 15.9. The number of alkyl carbamates (subject to hydrolysis) is 1. The van der Waals surface area contributed by atoms with E-state index in [-0.39, 0.29) is 30.5 Å². The summed E-state index contributed by atoms with van der Waals surface area (Å²) in [7, 11) is 0. The fraction of sp³-hybridized carbons (Fsp3) is 0.423. The second-order valence-electron chi connectivity index (χ2n) is 9.33. The lowest BCUT2D eigenvalue weighted by Crippen LogP contribution is -2.54. The summed E-state index contributed by atoms with van der Waals surface area (Å²) in [5.41, 5.74) is 4.58. The van der Waals surface area contributed by atoms with Gasteiger partial charge in [0.15, 0.2) is 0 Å². The Hall–Kier alpha value is -3.35. The molecule has 7 heteroatoms. The van der Waals surface area contributed by atoms with Crippen molar-refractivity contribution >= 4 is 18.0 Å². The van der Waals surface area contributed by atoms with Crippen molar-refractivity contribution in [3.8, 4) is 11.1 Å². The summed E-state index contributed by atoms with van der Waals surface area (Å²) in [5.74, 6) is -1.39. The average Bonchev–Trinajstić information content (AvgIpc) is 3.27. The molecule has 2 amide bonds. The lowest BCUT2D eigenvalue weighted by molar-refractivity contribution is -0.148. The molecule has 0 aromatic heterocycles. The first kappa shape index (κ1) is 21.5. The molecule has 5 rings (SSSR count). The van der Waals surface area contributed by atoms with Crippen LogP contribution < -0.4 is 5.32 Å². The van der Waals surface area contributed by atoms with Gasteiger partial charge in [-0.3, -0.25) is 9.59 Å². The topological polar surface area (TPSA) is 95.9 Å². The predicted molar refractivity (Wildman–Crippen MR) is 122 cm³/mol. The van der Waals surface area contributed by atoms with Gasteiger partial charge < -0.3 is 20.1 Å². The number of amides is 2. The first-order valence-electron chi connectivity index (χ1n) is 11.6. The molecule has 2 heterocycles. The Kier molecular flexibility index (Phi) is 5.56. The van der Waals surface area contributed by atoms with E-state index in [2.05, 4.69) is 29.6 Å². The SMILES string of the molecule is CC(NC(=O)OCC1c2ccccc2-c2ccccc21)C(=O)N1C2CCC1CC(C(=O)O)C2. The molecule has 0 saturated carbocycles. The van der Waals surface area contributed by atoms with Crippen molar-refractivity contribution < 1.29 is 24.2 Å². The lowest BCUT2D eigenvalue weighted by atomic mass is 9.90. The van der Waals surface area contributed by atoms with Crippen LogP contribution >= 0.6 is 0 Å². The number of aliphatic carboxylic acids is 1. The third-order valence-corrected chi connectivity index (χ3v) is 7.39. The van der Waals surface area contributed by atoms with Crippen LogP contribution in [0.4, 0.5) is 4.79 Å². The van der Waals surface area contributed by atoms with Gasteiger partial charge in [0, 0.05) is 18.0 Å². The number of nitrogens with one attached hydrogen (secondary N) is 1. The maximum Gasteiger partial charge on any atom is 0.407 e. The Morgan fingerprint density at radius 1 is 1.00 bits per heavy atom. The maximum absolute atomic E-state index is 13.1. The van der Waals surface area contributed by atoms with Crippen LogP contribution in [0, 0.1) is 5.92 Å². The molecule has 3 unspecified atom stereocenters. The maximum atomic E-state index is 13.1. The van der Waals surface area contributed by atoms with E-state index in [0.717, 1.165) is 35.1 Å². The Balaban J connectivity index is 1.20. The molecule has 2 aromatic carbocycles. The van der Waals surface area contributed by atoms with Crippen molar-refractivity contribution in [2.24, 2.45) is 5.92 Å². The number of hydrogen-bond acceptors (Lipinski definition) is 4. The van der Waals surface area contributed by atoms with Gasteiger partial charge in [0.25, 0.3) is 0 Å². The number of rotatable bonds is 5. The zero-order chi connectivity index (χ0) is 23.1. The van der Waals surface area contributed by atoms with Crippen LogP contribution in [-0.4, -0.2) is 52.7 Å². The molecule has 3 atom stereocenters. The molecule has 2 aromatic rings. The predicted octanol–water partition coefficient (Wildman–Crippen LogP) is 3.77. The number of fused-ring (bicyclic) bond motifs is 5. The largest absolute Gasteiger partial charge is 0.481 e. The van der Waals surface area contributed by atoms with Gasteiger partial charge in [0.2, 0.25) is 5.91 Å². The molecule has 33 heavy (non-hydrogen) atoms. The minimum Gasteiger partial charge on any atom is -0.481 e. The zero-order valence-electron chi connectivity index (χ0n) is 18.6. The number of hydrogen-bond donors (Lipinski definition) is 2. The summed E-state index contributed by atoms with van der Waals surface area (Å²) in [4.78, 5) is 38.8. The van der Waals surface area contributed by atoms with Crippen molar-refractivity contribution in [2.75, 3.05) is 6.61 Å². The van der Waals surface area contributed by atoms with Gasteiger partial charge in [-0.25, -0.2) is 4.79 Å². The number of carboxylic acid groups (broad SMARTS) is 1. The molecule has 0 radical (unpaired) electrons. The van der Waals surface area contributed by atoms with Gasteiger partial charge in [-0.1, -0.05) is 48.5 Å². The molecular formula is C26H28N2O5. The van der Waals surface area contributed by atoms with E-state index < -0.39 is 24.0 Å². The molecule has 1 aliphatic carbocycles. The van der Waals surface area contributed by atoms with Crippen LogP contribution in [0.1, 0.15) is 49.7 Å². The molecule has 172 valence electrons. The number of carboxylic acids is 1. The summed E-state index contributed by atoms with van der Waals surface area (Å²) >= 11 is 0. The number of nitrogens with zero attached hydrogens (tertiary/aromatic N) is 1. The fourth-order valence-corrected chi connectivity index (χ4v) is 5.84. The van der Waals surface area contributed by atoms with E-state index in [4.69, 9.17) is 4.74 Å². The number of carbonyl (C=O) groups excluding carboxylic acids is 2. The molecule has 0 spiro atoms. The molecule has 2 aliphatic heterocycles. The number of ether oxygens (including phenoxy) is 1. The highest BCUT2D eigenvalue weighted by atomic mass is 16.5. The molecule has 2 fully saturated rings. The van der Waals surface area contributed by atoms with Crippen molar-refractivity contribution in [1.29, 1.82) is 0 Å². The smallest absolute Gasteiger partial charge is 0.407 e. The molecular weight excluding hydrogens is 420 g/mol. The van der Waals surface area contributed by atoms with Crippen molar-refractivity contribution in [3.63, 3.8) is 0 Å². The quantitative estimate of drug-likeness (QED) is 0.726. The number of piperidine rings is 1. The second kappa shape index (κ2) is 8.54. The van der Waals surface area contributed by atoms with Crippen LogP contribution in [0.2, 0.25) is 0 Å². The summed E-state index contributed by atoms with van der Waals surface area (Å²) in [6.45, 7) is 1.85. The van der Waals surface area contributed by atoms with E-state index in [0.29, 0.717) is 12.8 Å². The van der Waals surface area contributed by atoms with Gasteiger partial charge in [0.05, 0.1) is 5.92 Å². The minimum absolute atomic E-state index is 0.0416. The lowest BCUT2D eigenvalue weighted by Gasteiger charge is -2.39. The Morgan fingerprint density at radius 2 is 1.55 bits per heavy atom. The first-order valence-corrected chi connectivity index (χ1v) is 11.6.